The monoisotopic (exact) mass is 265 g/mol. The third-order valence-electron chi connectivity index (χ3n) is 3.28. The maximum absolute atomic E-state index is 10.4. The summed E-state index contributed by atoms with van der Waals surface area (Å²) in [6.45, 7) is 5.30. The van der Waals surface area contributed by atoms with Crippen LogP contribution in [0.1, 0.15) is 43.7 Å². The van der Waals surface area contributed by atoms with Crippen LogP contribution < -0.4 is 5.32 Å². The van der Waals surface area contributed by atoms with Crippen LogP contribution >= 0.6 is 0 Å². The fourth-order valence-corrected chi connectivity index (χ4v) is 1.86. The number of nitrogens with one attached hydrogen (secondary N) is 1. The molecule has 0 aliphatic rings. The Morgan fingerprint density at radius 2 is 1.95 bits per heavy atom. The fourth-order valence-electron chi connectivity index (χ4n) is 1.86. The zero-order chi connectivity index (χ0) is 14.3. The van der Waals surface area contributed by atoms with E-state index >= 15 is 0 Å². The van der Waals surface area contributed by atoms with Gasteiger partial charge in [0.15, 0.2) is 0 Å². The highest BCUT2D eigenvalue weighted by Gasteiger charge is 2.08. The molecule has 1 aromatic rings. The van der Waals surface area contributed by atoms with Gasteiger partial charge in [-0.05, 0) is 23.5 Å². The van der Waals surface area contributed by atoms with Crippen molar-refractivity contribution in [1.29, 1.82) is 0 Å². The van der Waals surface area contributed by atoms with Gasteiger partial charge in [-0.3, -0.25) is 4.79 Å². The number of rotatable bonds is 8. The first-order valence-electron chi connectivity index (χ1n) is 6.72. The molecule has 2 unspecified atom stereocenters. The highest BCUT2D eigenvalue weighted by atomic mass is 16.4. The summed E-state index contributed by atoms with van der Waals surface area (Å²) in [7, 11) is 0. The van der Waals surface area contributed by atoms with E-state index in [0.29, 0.717) is 19.0 Å². The minimum Gasteiger partial charge on any atom is -0.481 e. The van der Waals surface area contributed by atoms with E-state index in [9.17, 15) is 9.90 Å². The molecule has 19 heavy (non-hydrogen) atoms. The number of hydrogen-bond donors (Lipinski definition) is 3. The Bertz CT molecular complexity index is 389. The molecule has 0 spiro atoms. The first-order chi connectivity index (χ1) is 9.02. The van der Waals surface area contributed by atoms with Crippen LogP contribution in [0.5, 0.6) is 0 Å². The van der Waals surface area contributed by atoms with Gasteiger partial charge < -0.3 is 15.5 Å². The molecule has 2 atom stereocenters. The summed E-state index contributed by atoms with van der Waals surface area (Å²) in [5.41, 5.74) is 2.46. The number of aliphatic carboxylic acids is 1. The second kappa shape index (κ2) is 7.92. The van der Waals surface area contributed by atoms with Crippen LogP contribution in [0.15, 0.2) is 24.3 Å². The molecular weight excluding hydrogens is 242 g/mol. The van der Waals surface area contributed by atoms with Crippen molar-refractivity contribution in [1.82, 2.24) is 5.32 Å². The van der Waals surface area contributed by atoms with E-state index in [-0.39, 0.29) is 6.42 Å². The summed E-state index contributed by atoms with van der Waals surface area (Å²) in [4.78, 5) is 10.4. The highest BCUT2D eigenvalue weighted by Crippen LogP contribution is 2.18. The average molecular weight is 265 g/mol. The molecule has 0 amide bonds. The van der Waals surface area contributed by atoms with Gasteiger partial charge in [-0.25, -0.2) is 0 Å². The van der Waals surface area contributed by atoms with Gasteiger partial charge in [-0.1, -0.05) is 38.1 Å². The van der Waals surface area contributed by atoms with Crippen molar-refractivity contribution in [3.8, 4) is 0 Å². The molecule has 0 saturated heterocycles. The summed E-state index contributed by atoms with van der Waals surface area (Å²) in [5, 5.41) is 21.0. The van der Waals surface area contributed by atoms with E-state index in [1.807, 2.05) is 0 Å². The molecule has 4 heteroatoms. The number of aliphatic hydroxyl groups excluding tert-OH is 1. The van der Waals surface area contributed by atoms with Gasteiger partial charge in [0, 0.05) is 13.1 Å². The minimum atomic E-state index is -0.979. The molecular formula is C15H23NO3. The Balaban J connectivity index is 2.36. The lowest BCUT2D eigenvalue weighted by Gasteiger charge is -2.11. The average Bonchev–Trinajstić information content (AvgIpc) is 2.37. The third kappa shape index (κ3) is 5.85. The van der Waals surface area contributed by atoms with Crippen LogP contribution in [0.2, 0.25) is 0 Å². The number of carbonyl (C=O) groups is 1. The molecule has 0 saturated carbocycles. The van der Waals surface area contributed by atoms with Gasteiger partial charge in [-0.15, -0.1) is 0 Å². The molecule has 0 radical (unpaired) electrons. The van der Waals surface area contributed by atoms with E-state index < -0.39 is 12.1 Å². The summed E-state index contributed by atoms with van der Waals surface area (Å²) in [5.74, 6) is -0.411. The van der Waals surface area contributed by atoms with Crippen molar-refractivity contribution >= 4 is 5.97 Å². The predicted molar refractivity (Wildman–Crippen MR) is 75.1 cm³/mol. The Kier molecular flexibility index (Phi) is 6.53. The topological polar surface area (TPSA) is 69.6 Å². The van der Waals surface area contributed by atoms with Crippen LogP contribution in [0, 0.1) is 0 Å². The zero-order valence-corrected chi connectivity index (χ0v) is 11.6. The van der Waals surface area contributed by atoms with E-state index in [2.05, 4.69) is 43.4 Å². The smallest absolute Gasteiger partial charge is 0.306 e. The number of carboxylic acid groups (broad SMARTS) is 1. The first-order valence-corrected chi connectivity index (χ1v) is 6.72. The Morgan fingerprint density at radius 3 is 2.47 bits per heavy atom. The summed E-state index contributed by atoms with van der Waals surface area (Å²) < 4.78 is 0. The largest absolute Gasteiger partial charge is 0.481 e. The standard InChI is InChI=1S/C15H23NO3/c1-3-11(2)13-6-4-12(5-7-13)9-16-10-14(17)8-15(18)19/h4-7,11,14,16-17H,3,8-10H2,1-2H3,(H,18,19). The van der Waals surface area contributed by atoms with E-state index in [1.165, 1.54) is 5.56 Å². The third-order valence-corrected chi connectivity index (χ3v) is 3.28. The number of hydrogen-bond acceptors (Lipinski definition) is 3. The number of aliphatic hydroxyl groups is 1. The predicted octanol–water partition coefficient (Wildman–Crippen LogP) is 2.13. The molecule has 1 rings (SSSR count). The number of benzene rings is 1. The molecule has 0 aliphatic heterocycles. The molecule has 1 aromatic carbocycles. The van der Waals surface area contributed by atoms with E-state index in [1.54, 1.807) is 0 Å². The van der Waals surface area contributed by atoms with Crippen LogP contribution in [-0.4, -0.2) is 28.8 Å². The minimum absolute atomic E-state index is 0.222. The number of carboxylic acids is 1. The van der Waals surface area contributed by atoms with Crippen molar-refractivity contribution in [2.45, 2.75) is 45.3 Å². The van der Waals surface area contributed by atoms with E-state index in [0.717, 1.165) is 12.0 Å². The fraction of sp³-hybridized carbons (Fsp3) is 0.533. The summed E-state index contributed by atoms with van der Waals surface area (Å²) in [6, 6.07) is 8.38. The summed E-state index contributed by atoms with van der Waals surface area (Å²) >= 11 is 0. The lowest BCUT2D eigenvalue weighted by Crippen LogP contribution is -2.28. The molecule has 0 aliphatic carbocycles. The van der Waals surface area contributed by atoms with Crippen molar-refractivity contribution in [3.63, 3.8) is 0 Å². The second-order valence-electron chi connectivity index (χ2n) is 4.93. The summed E-state index contributed by atoms with van der Waals surface area (Å²) in [6.07, 6.45) is 0.0655. The van der Waals surface area contributed by atoms with Crippen LogP contribution in [0.3, 0.4) is 0 Å². The van der Waals surface area contributed by atoms with Crippen LogP contribution in [0.25, 0.3) is 0 Å². The van der Waals surface area contributed by atoms with Gasteiger partial charge in [0.1, 0.15) is 0 Å². The molecule has 0 fully saturated rings. The SMILES string of the molecule is CCC(C)c1ccc(CNCC(O)CC(=O)O)cc1. The second-order valence-corrected chi connectivity index (χ2v) is 4.93. The van der Waals surface area contributed by atoms with Crippen LogP contribution in [0.4, 0.5) is 0 Å². The van der Waals surface area contributed by atoms with Crippen molar-refractivity contribution in [2.75, 3.05) is 6.54 Å². The molecule has 4 nitrogen and oxygen atoms in total. The molecule has 3 N–H and O–H groups in total. The normalized spacial score (nSPS) is 14.1. The molecule has 0 heterocycles. The molecule has 0 aromatic heterocycles. The van der Waals surface area contributed by atoms with Crippen molar-refractivity contribution in [2.24, 2.45) is 0 Å². The van der Waals surface area contributed by atoms with Gasteiger partial charge in [0.2, 0.25) is 0 Å². The molecule has 106 valence electrons. The Morgan fingerprint density at radius 1 is 1.32 bits per heavy atom. The maximum atomic E-state index is 10.4. The highest BCUT2D eigenvalue weighted by molar-refractivity contribution is 5.67. The lowest BCUT2D eigenvalue weighted by molar-refractivity contribution is -0.139. The van der Waals surface area contributed by atoms with Crippen molar-refractivity contribution in [3.05, 3.63) is 35.4 Å². The van der Waals surface area contributed by atoms with E-state index in [4.69, 9.17) is 5.11 Å². The van der Waals surface area contributed by atoms with Gasteiger partial charge in [0.05, 0.1) is 12.5 Å². The van der Waals surface area contributed by atoms with Gasteiger partial charge in [-0.2, -0.15) is 0 Å². The maximum Gasteiger partial charge on any atom is 0.306 e. The van der Waals surface area contributed by atoms with Crippen LogP contribution in [-0.2, 0) is 11.3 Å². The van der Waals surface area contributed by atoms with Gasteiger partial charge in [0.25, 0.3) is 0 Å². The van der Waals surface area contributed by atoms with Crippen molar-refractivity contribution < 1.29 is 15.0 Å². The first kappa shape index (κ1) is 15.7. The lowest BCUT2D eigenvalue weighted by atomic mass is 9.98. The molecule has 0 bridgehead atoms. The Hall–Kier alpha value is -1.39. The van der Waals surface area contributed by atoms with Gasteiger partial charge >= 0.3 is 5.97 Å². The zero-order valence-electron chi connectivity index (χ0n) is 11.6. The quantitative estimate of drug-likeness (QED) is 0.673. The Labute approximate surface area is 114 Å².